The predicted octanol–water partition coefficient (Wildman–Crippen LogP) is 1.24. The van der Waals surface area contributed by atoms with Gasteiger partial charge in [0.05, 0.1) is 13.2 Å². The average Bonchev–Trinajstić information content (AvgIpc) is 2.25. The molecule has 0 amide bonds. The molecule has 0 aliphatic heterocycles. The van der Waals surface area contributed by atoms with E-state index in [1.807, 2.05) is 0 Å². The zero-order valence-corrected chi connectivity index (χ0v) is 9.25. The summed E-state index contributed by atoms with van der Waals surface area (Å²) in [4.78, 5) is 8.23. The molecular formula is C9H15N3OS. The summed E-state index contributed by atoms with van der Waals surface area (Å²) in [6.07, 6.45) is 3.23. The lowest BCUT2D eigenvalue weighted by atomic mass is 10.2. The van der Waals surface area contributed by atoms with Gasteiger partial charge in [-0.15, -0.1) is 0 Å². The lowest BCUT2D eigenvalue weighted by molar-refractivity contribution is 0.386. The van der Waals surface area contributed by atoms with Crippen LogP contribution in [-0.2, 0) is 0 Å². The zero-order chi connectivity index (χ0) is 10.4. The largest absolute Gasteiger partial charge is 0.480 e. The summed E-state index contributed by atoms with van der Waals surface area (Å²) in [6.45, 7) is 2.10. The molecule has 0 fully saturated rings. The molecule has 0 aromatic carbocycles. The zero-order valence-electron chi connectivity index (χ0n) is 8.43. The summed E-state index contributed by atoms with van der Waals surface area (Å²) in [5, 5.41) is 0. The first-order valence-corrected chi connectivity index (χ1v) is 5.63. The van der Waals surface area contributed by atoms with Crippen LogP contribution in [0.5, 0.6) is 5.88 Å². The quantitative estimate of drug-likeness (QED) is 0.797. The minimum Gasteiger partial charge on any atom is -0.480 e. The highest BCUT2D eigenvalue weighted by Crippen LogP contribution is 2.20. The van der Waals surface area contributed by atoms with Crippen molar-refractivity contribution in [2.24, 2.45) is 5.73 Å². The number of rotatable bonds is 5. The highest BCUT2D eigenvalue weighted by molar-refractivity contribution is 7.99. The van der Waals surface area contributed by atoms with Crippen molar-refractivity contribution in [1.82, 2.24) is 9.97 Å². The summed E-state index contributed by atoms with van der Waals surface area (Å²) >= 11 is 1.78. The van der Waals surface area contributed by atoms with Gasteiger partial charge in [-0.05, 0) is 5.75 Å². The van der Waals surface area contributed by atoms with Gasteiger partial charge in [-0.3, -0.25) is 4.98 Å². The lowest BCUT2D eigenvalue weighted by Gasteiger charge is -2.12. The molecule has 0 spiro atoms. The third-order valence-electron chi connectivity index (χ3n) is 1.74. The molecule has 4 nitrogen and oxygen atoms in total. The first-order chi connectivity index (χ1) is 6.79. The Labute approximate surface area is 88.3 Å². The topological polar surface area (TPSA) is 61.0 Å². The van der Waals surface area contributed by atoms with Crippen LogP contribution >= 0.6 is 11.8 Å². The molecule has 1 atom stereocenters. The molecule has 1 heterocycles. The van der Waals surface area contributed by atoms with E-state index in [0.717, 1.165) is 17.2 Å². The molecule has 1 aromatic heterocycles. The molecule has 0 aliphatic carbocycles. The summed E-state index contributed by atoms with van der Waals surface area (Å²) in [5.74, 6) is 2.42. The second-order valence-corrected chi connectivity index (χ2v) is 4.04. The molecule has 5 heteroatoms. The van der Waals surface area contributed by atoms with E-state index in [1.165, 1.54) is 0 Å². The van der Waals surface area contributed by atoms with Gasteiger partial charge in [-0.1, -0.05) is 6.92 Å². The number of hydrogen-bond donors (Lipinski definition) is 1. The third-order valence-corrected chi connectivity index (χ3v) is 2.74. The molecule has 0 saturated heterocycles. The van der Waals surface area contributed by atoms with E-state index in [-0.39, 0.29) is 6.04 Å². The van der Waals surface area contributed by atoms with Crippen LogP contribution in [0.25, 0.3) is 0 Å². The summed E-state index contributed by atoms with van der Waals surface area (Å²) < 4.78 is 5.08. The number of nitrogens with zero attached hydrogens (tertiary/aromatic N) is 2. The fraction of sp³-hybridized carbons (Fsp3) is 0.556. The second kappa shape index (κ2) is 5.82. The SMILES string of the molecule is CCSCC(N)c1nccnc1OC. The van der Waals surface area contributed by atoms with Gasteiger partial charge in [0.1, 0.15) is 5.69 Å². The lowest BCUT2D eigenvalue weighted by Crippen LogP contribution is -2.16. The van der Waals surface area contributed by atoms with Crippen LogP contribution in [0.2, 0.25) is 0 Å². The van der Waals surface area contributed by atoms with Crippen LogP contribution in [0.1, 0.15) is 18.7 Å². The van der Waals surface area contributed by atoms with E-state index in [0.29, 0.717) is 5.88 Å². The number of methoxy groups -OCH3 is 1. The van der Waals surface area contributed by atoms with Crippen molar-refractivity contribution in [2.45, 2.75) is 13.0 Å². The number of nitrogens with two attached hydrogens (primary N) is 1. The van der Waals surface area contributed by atoms with E-state index in [4.69, 9.17) is 10.5 Å². The number of ether oxygens (including phenoxy) is 1. The fourth-order valence-electron chi connectivity index (χ4n) is 1.07. The molecule has 1 rings (SSSR count). The van der Waals surface area contributed by atoms with Crippen molar-refractivity contribution >= 4 is 11.8 Å². The second-order valence-electron chi connectivity index (χ2n) is 2.72. The van der Waals surface area contributed by atoms with Gasteiger partial charge >= 0.3 is 0 Å². The Kier molecular flexibility index (Phi) is 4.69. The Bertz CT molecular complexity index is 283. The molecule has 2 N–H and O–H groups in total. The van der Waals surface area contributed by atoms with E-state index >= 15 is 0 Å². The van der Waals surface area contributed by atoms with Crippen LogP contribution in [0, 0.1) is 0 Å². The van der Waals surface area contributed by atoms with E-state index < -0.39 is 0 Å². The highest BCUT2D eigenvalue weighted by Gasteiger charge is 2.13. The molecule has 0 bridgehead atoms. The van der Waals surface area contributed by atoms with Crippen LogP contribution in [-0.4, -0.2) is 28.6 Å². The molecule has 0 aliphatic rings. The van der Waals surface area contributed by atoms with Crippen LogP contribution in [0.4, 0.5) is 0 Å². The third kappa shape index (κ3) is 2.85. The monoisotopic (exact) mass is 213 g/mol. The number of hydrogen-bond acceptors (Lipinski definition) is 5. The van der Waals surface area contributed by atoms with Crippen molar-refractivity contribution in [3.63, 3.8) is 0 Å². The van der Waals surface area contributed by atoms with E-state index in [1.54, 1.807) is 31.3 Å². The minimum absolute atomic E-state index is 0.108. The first kappa shape index (κ1) is 11.3. The Morgan fingerprint density at radius 2 is 2.21 bits per heavy atom. The molecule has 0 saturated carbocycles. The fourth-order valence-corrected chi connectivity index (χ4v) is 1.72. The maximum absolute atomic E-state index is 5.95. The van der Waals surface area contributed by atoms with Gasteiger partial charge < -0.3 is 10.5 Å². The van der Waals surface area contributed by atoms with Crippen molar-refractivity contribution in [3.05, 3.63) is 18.1 Å². The van der Waals surface area contributed by atoms with Gasteiger partial charge in [0.25, 0.3) is 0 Å². The van der Waals surface area contributed by atoms with Gasteiger partial charge in [-0.25, -0.2) is 4.98 Å². The van der Waals surface area contributed by atoms with Crippen molar-refractivity contribution in [1.29, 1.82) is 0 Å². The van der Waals surface area contributed by atoms with Crippen LogP contribution in [0.15, 0.2) is 12.4 Å². The van der Waals surface area contributed by atoms with Gasteiger partial charge in [-0.2, -0.15) is 11.8 Å². The molecule has 14 heavy (non-hydrogen) atoms. The molecule has 0 radical (unpaired) electrons. The van der Waals surface area contributed by atoms with Crippen LogP contribution < -0.4 is 10.5 Å². The summed E-state index contributed by atoms with van der Waals surface area (Å²) in [7, 11) is 1.58. The van der Waals surface area contributed by atoms with Crippen molar-refractivity contribution in [3.8, 4) is 5.88 Å². The van der Waals surface area contributed by atoms with Gasteiger partial charge in [0, 0.05) is 18.1 Å². The average molecular weight is 213 g/mol. The Morgan fingerprint density at radius 1 is 1.50 bits per heavy atom. The molecule has 78 valence electrons. The highest BCUT2D eigenvalue weighted by atomic mass is 32.2. The Hall–Kier alpha value is -0.810. The smallest absolute Gasteiger partial charge is 0.237 e. The standard InChI is InChI=1S/C9H15N3OS/c1-3-14-6-7(10)8-9(13-2)12-5-4-11-8/h4-5,7H,3,6,10H2,1-2H3. The predicted molar refractivity (Wildman–Crippen MR) is 58.5 cm³/mol. The summed E-state index contributed by atoms with van der Waals surface area (Å²) in [5.41, 5.74) is 6.69. The maximum atomic E-state index is 5.95. The van der Waals surface area contributed by atoms with Crippen molar-refractivity contribution < 1.29 is 4.74 Å². The molecule has 1 aromatic rings. The number of aromatic nitrogens is 2. The molecular weight excluding hydrogens is 198 g/mol. The van der Waals surface area contributed by atoms with E-state index in [2.05, 4.69) is 16.9 Å². The van der Waals surface area contributed by atoms with Gasteiger partial charge in [0.15, 0.2) is 0 Å². The molecule has 1 unspecified atom stereocenters. The normalized spacial score (nSPS) is 12.5. The maximum Gasteiger partial charge on any atom is 0.237 e. The Balaban J connectivity index is 2.72. The number of thioether (sulfide) groups is 1. The van der Waals surface area contributed by atoms with Gasteiger partial charge in [0.2, 0.25) is 5.88 Å². The first-order valence-electron chi connectivity index (χ1n) is 4.47. The summed E-state index contributed by atoms with van der Waals surface area (Å²) in [6, 6.07) is -0.108. The van der Waals surface area contributed by atoms with E-state index in [9.17, 15) is 0 Å². The van der Waals surface area contributed by atoms with Crippen LogP contribution in [0.3, 0.4) is 0 Å². The minimum atomic E-state index is -0.108. The van der Waals surface area contributed by atoms with Crippen molar-refractivity contribution in [2.75, 3.05) is 18.6 Å². The Morgan fingerprint density at radius 3 is 2.86 bits per heavy atom.